The smallest absolute Gasteiger partial charge is 0.328 e. The van der Waals surface area contributed by atoms with Gasteiger partial charge in [-0.25, -0.2) is 0 Å². The van der Waals surface area contributed by atoms with Gasteiger partial charge in [0.25, 0.3) is 0 Å². The molecule has 0 aromatic carbocycles. The van der Waals surface area contributed by atoms with Crippen LogP contribution in [0.4, 0.5) is 0 Å². The van der Waals surface area contributed by atoms with Gasteiger partial charge in [0, 0.05) is 0 Å². The first kappa shape index (κ1) is 12.3. The van der Waals surface area contributed by atoms with Gasteiger partial charge in [-0.05, 0) is 19.8 Å². The van der Waals surface area contributed by atoms with Crippen molar-refractivity contribution in [2.75, 3.05) is 6.61 Å². The molecule has 0 aliphatic rings. The van der Waals surface area contributed by atoms with E-state index in [1.54, 1.807) is 0 Å². The summed E-state index contributed by atoms with van der Waals surface area (Å²) in [4.78, 5) is 9.20. The summed E-state index contributed by atoms with van der Waals surface area (Å²) in [5, 5.41) is 0. The lowest BCUT2D eigenvalue weighted by atomic mass is 10.3. The van der Waals surface area contributed by atoms with E-state index in [1.165, 1.54) is 0 Å². The van der Waals surface area contributed by atoms with Crippen molar-refractivity contribution in [2.45, 2.75) is 46.1 Å². The molecule has 12 heavy (non-hydrogen) atoms. The van der Waals surface area contributed by atoms with Crippen molar-refractivity contribution >= 4 is 8.60 Å². The zero-order valence-corrected chi connectivity index (χ0v) is 9.01. The predicted molar refractivity (Wildman–Crippen MR) is 50.8 cm³/mol. The Morgan fingerprint density at radius 3 is 2.58 bits per heavy atom. The Hall–Kier alpha value is 0.310. The summed E-state index contributed by atoms with van der Waals surface area (Å²) in [6.07, 6.45) is 3.04. The molecule has 0 aromatic rings. The zero-order valence-electron chi connectivity index (χ0n) is 8.12. The second-order valence-corrected chi connectivity index (χ2v) is 3.69. The number of unbranched alkanes of at least 4 members (excludes halogenated alkanes) is 1. The second-order valence-electron chi connectivity index (χ2n) is 2.75. The van der Waals surface area contributed by atoms with Crippen LogP contribution in [0.3, 0.4) is 0 Å². The molecule has 74 valence electrons. The quantitative estimate of drug-likeness (QED) is 0.500. The van der Waals surface area contributed by atoms with Crippen LogP contribution >= 0.6 is 8.60 Å². The first-order valence-corrected chi connectivity index (χ1v) is 5.62. The fourth-order valence-corrected chi connectivity index (χ4v) is 1.35. The maximum atomic E-state index is 9.20. The molecule has 0 radical (unpaired) electrons. The highest BCUT2D eigenvalue weighted by molar-refractivity contribution is 7.40. The van der Waals surface area contributed by atoms with Gasteiger partial charge in [-0.2, -0.15) is 0 Å². The normalized spacial score (nSPS) is 16.0. The first-order chi connectivity index (χ1) is 5.70. The Bertz CT molecular complexity index is 100. The van der Waals surface area contributed by atoms with E-state index in [0.29, 0.717) is 6.61 Å². The molecule has 2 atom stereocenters. The van der Waals surface area contributed by atoms with Gasteiger partial charge in [0.2, 0.25) is 0 Å². The molecule has 0 saturated heterocycles. The van der Waals surface area contributed by atoms with Crippen molar-refractivity contribution in [1.29, 1.82) is 0 Å². The molecule has 0 bridgehead atoms. The van der Waals surface area contributed by atoms with Gasteiger partial charge in [0.1, 0.15) is 0 Å². The molecule has 0 amide bonds. The summed E-state index contributed by atoms with van der Waals surface area (Å²) in [6, 6.07) is 0. The molecule has 0 spiro atoms. The second kappa shape index (κ2) is 7.93. The minimum atomic E-state index is -1.64. The van der Waals surface area contributed by atoms with Crippen molar-refractivity contribution in [3.8, 4) is 0 Å². The van der Waals surface area contributed by atoms with Crippen molar-refractivity contribution in [3.63, 3.8) is 0 Å². The van der Waals surface area contributed by atoms with Gasteiger partial charge in [0.05, 0.1) is 12.7 Å². The molecule has 0 fully saturated rings. The number of rotatable bonds is 7. The Morgan fingerprint density at radius 2 is 2.08 bits per heavy atom. The van der Waals surface area contributed by atoms with Crippen LogP contribution in [-0.4, -0.2) is 17.6 Å². The summed E-state index contributed by atoms with van der Waals surface area (Å²) in [7, 11) is -1.64. The van der Waals surface area contributed by atoms with E-state index in [9.17, 15) is 4.89 Å². The number of hydrogen-bond acceptors (Lipinski definition) is 3. The molecular weight excluding hydrogens is 175 g/mol. The molecule has 0 aliphatic carbocycles. The lowest BCUT2D eigenvalue weighted by Gasteiger charge is -2.14. The lowest BCUT2D eigenvalue weighted by Crippen LogP contribution is -2.03. The van der Waals surface area contributed by atoms with E-state index >= 15 is 0 Å². The van der Waals surface area contributed by atoms with Gasteiger partial charge in [-0.1, -0.05) is 20.3 Å². The number of hydrogen-bond donors (Lipinski definition) is 1. The predicted octanol–water partition coefficient (Wildman–Crippen LogP) is 2.84. The van der Waals surface area contributed by atoms with Crippen LogP contribution in [0.15, 0.2) is 0 Å². The van der Waals surface area contributed by atoms with Crippen LogP contribution in [0.1, 0.15) is 40.0 Å². The van der Waals surface area contributed by atoms with Gasteiger partial charge in [-0.15, -0.1) is 0 Å². The largest absolute Gasteiger partial charge is 0.330 e. The van der Waals surface area contributed by atoms with Gasteiger partial charge in [-0.3, -0.25) is 0 Å². The third-order valence-electron chi connectivity index (χ3n) is 1.54. The summed E-state index contributed by atoms with van der Waals surface area (Å²) in [6.45, 7) is 6.61. The Balaban J connectivity index is 3.26. The minimum absolute atomic E-state index is 0.0859. The average Bonchev–Trinajstić information content (AvgIpc) is 2.05. The molecule has 1 N–H and O–H groups in total. The van der Waals surface area contributed by atoms with Crippen LogP contribution < -0.4 is 0 Å². The Morgan fingerprint density at radius 1 is 1.42 bits per heavy atom. The topological polar surface area (TPSA) is 38.7 Å². The van der Waals surface area contributed by atoms with Gasteiger partial charge < -0.3 is 13.9 Å². The maximum Gasteiger partial charge on any atom is 0.330 e. The lowest BCUT2D eigenvalue weighted by molar-refractivity contribution is 0.150. The fourth-order valence-electron chi connectivity index (χ4n) is 0.546. The highest BCUT2D eigenvalue weighted by Crippen LogP contribution is 2.35. The molecule has 3 nitrogen and oxygen atoms in total. The molecular formula is C8H19O3P. The van der Waals surface area contributed by atoms with Crippen molar-refractivity contribution in [2.24, 2.45) is 0 Å². The third-order valence-corrected chi connectivity index (χ3v) is 2.49. The standard InChI is InChI=1S/C8H19O3P/c1-4-6-7-10-12(9)11-8(3)5-2/h8-9H,4-7H2,1-3H3. The van der Waals surface area contributed by atoms with Crippen molar-refractivity contribution in [3.05, 3.63) is 0 Å². The zero-order chi connectivity index (χ0) is 9.40. The molecule has 4 heteroatoms. The summed E-state index contributed by atoms with van der Waals surface area (Å²) in [5.41, 5.74) is 0. The van der Waals surface area contributed by atoms with Crippen LogP contribution in [-0.2, 0) is 9.05 Å². The summed E-state index contributed by atoms with van der Waals surface area (Å²) in [5.74, 6) is 0. The fraction of sp³-hybridized carbons (Fsp3) is 1.00. The SMILES string of the molecule is CCCCOP(O)OC(C)CC. The molecule has 0 saturated carbocycles. The van der Waals surface area contributed by atoms with E-state index in [0.717, 1.165) is 19.3 Å². The van der Waals surface area contributed by atoms with Crippen LogP contribution in [0.2, 0.25) is 0 Å². The molecule has 0 heterocycles. The van der Waals surface area contributed by atoms with E-state index in [1.807, 2.05) is 13.8 Å². The molecule has 2 unspecified atom stereocenters. The van der Waals surface area contributed by atoms with Gasteiger partial charge >= 0.3 is 8.60 Å². The highest BCUT2D eigenvalue weighted by atomic mass is 31.2. The van der Waals surface area contributed by atoms with E-state index in [4.69, 9.17) is 9.05 Å². The van der Waals surface area contributed by atoms with Crippen LogP contribution in [0, 0.1) is 0 Å². The average molecular weight is 194 g/mol. The maximum absolute atomic E-state index is 9.20. The molecule has 0 rings (SSSR count). The monoisotopic (exact) mass is 194 g/mol. The Labute approximate surface area is 76.1 Å². The summed E-state index contributed by atoms with van der Waals surface area (Å²) < 4.78 is 10.2. The van der Waals surface area contributed by atoms with Crippen LogP contribution in [0.5, 0.6) is 0 Å². The summed E-state index contributed by atoms with van der Waals surface area (Å²) >= 11 is 0. The first-order valence-electron chi connectivity index (χ1n) is 4.49. The van der Waals surface area contributed by atoms with Crippen LogP contribution in [0.25, 0.3) is 0 Å². The van der Waals surface area contributed by atoms with E-state index in [-0.39, 0.29) is 6.10 Å². The minimum Gasteiger partial charge on any atom is -0.328 e. The van der Waals surface area contributed by atoms with E-state index < -0.39 is 8.60 Å². The molecule has 0 aliphatic heterocycles. The van der Waals surface area contributed by atoms with Crippen molar-refractivity contribution in [1.82, 2.24) is 0 Å². The van der Waals surface area contributed by atoms with E-state index in [2.05, 4.69) is 6.92 Å². The highest BCUT2D eigenvalue weighted by Gasteiger charge is 2.09. The van der Waals surface area contributed by atoms with Gasteiger partial charge in [0.15, 0.2) is 0 Å². The molecule has 0 aromatic heterocycles. The third kappa shape index (κ3) is 6.99. The Kier molecular flexibility index (Phi) is 8.14. The van der Waals surface area contributed by atoms with Crippen molar-refractivity contribution < 1.29 is 13.9 Å².